The number of aliphatic imine (C=N–C) groups is 1. The molecule has 1 aromatic heterocycles. The zero-order valence-corrected chi connectivity index (χ0v) is 17.6. The van der Waals surface area contributed by atoms with Crippen LogP contribution in [0.4, 0.5) is 0 Å². The van der Waals surface area contributed by atoms with Gasteiger partial charge in [-0.1, -0.05) is 20.8 Å². The molecule has 1 rings (SSSR count). The Hall–Kier alpha value is -0.370. The van der Waals surface area contributed by atoms with E-state index in [0.29, 0.717) is 6.04 Å². The van der Waals surface area contributed by atoms with E-state index in [2.05, 4.69) is 48.3 Å². The van der Waals surface area contributed by atoms with E-state index in [1.165, 1.54) is 22.7 Å². The molecule has 1 aromatic rings. The summed E-state index contributed by atoms with van der Waals surface area (Å²) in [6, 6.07) is 0.449. The summed E-state index contributed by atoms with van der Waals surface area (Å²) < 4.78 is 0. The number of guanidine groups is 1. The van der Waals surface area contributed by atoms with Gasteiger partial charge in [0.1, 0.15) is 0 Å². The lowest BCUT2D eigenvalue weighted by Gasteiger charge is -2.18. The van der Waals surface area contributed by atoms with Crippen molar-refractivity contribution in [2.75, 3.05) is 13.6 Å². The van der Waals surface area contributed by atoms with Gasteiger partial charge in [-0.2, -0.15) is 0 Å². The van der Waals surface area contributed by atoms with Crippen molar-refractivity contribution in [3.05, 3.63) is 16.1 Å². The molecule has 6 heteroatoms. The standard InChI is InChI=1S/C16H30N4S.HI/c1-6-14-11-19-15(21-14)9-10-18-16(17-5)20-13(4)8-7-12(2)3;/h11-13H,6-10H2,1-5H3,(H2,17,18,20);1H. The highest BCUT2D eigenvalue weighted by atomic mass is 127. The van der Waals surface area contributed by atoms with E-state index in [0.717, 1.165) is 31.3 Å². The van der Waals surface area contributed by atoms with Crippen LogP contribution in [-0.2, 0) is 12.8 Å². The van der Waals surface area contributed by atoms with Gasteiger partial charge in [0.2, 0.25) is 0 Å². The summed E-state index contributed by atoms with van der Waals surface area (Å²) in [6.45, 7) is 9.77. The lowest BCUT2D eigenvalue weighted by atomic mass is 10.0. The highest BCUT2D eigenvalue weighted by molar-refractivity contribution is 14.0. The van der Waals surface area contributed by atoms with Crippen molar-refractivity contribution >= 4 is 41.3 Å². The molecule has 1 heterocycles. The number of rotatable bonds is 8. The average Bonchev–Trinajstić information content (AvgIpc) is 2.92. The van der Waals surface area contributed by atoms with Crippen LogP contribution in [0.1, 0.15) is 50.4 Å². The zero-order chi connectivity index (χ0) is 15.7. The molecular formula is C16H31IN4S. The fourth-order valence-corrected chi connectivity index (χ4v) is 2.86. The molecule has 0 bridgehead atoms. The third-order valence-electron chi connectivity index (χ3n) is 3.36. The molecule has 0 aliphatic heterocycles. The molecule has 128 valence electrons. The smallest absolute Gasteiger partial charge is 0.191 e. The number of nitrogens with zero attached hydrogens (tertiary/aromatic N) is 2. The summed E-state index contributed by atoms with van der Waals surface area (Å²) in [7, 11) is 1.82. The summed E-state index contributed by atoms with van der Waals surface area (Å²) >= 11 is 1.81. The minimum absolute atomic E-state index is 0. The van der Waals surface area contributed by atoms with E-state index in [4.69, 9.17) is 0 Å². The molecule has 4 nitrogen and oxygen atoms in total. The molecule has 0 amide bonds. The van der Waals surface area contributed by atoms with Crippen molar-refractivity contribution in [2.24, 2.45) is 10.9 Å². The number of aryl methyl sites for hydroxylation is 1. The third kappa shape index (κ3) is 8.92. The van der Waals surface area contributed by atoms with E-state index in [1.807, 2.05) is 13.2 Å². The van der Waals surface area contributed by atoms with Crippen LogP contribution in [0.3, 0.4) is 0 Å². The molecule has 0 saturated carbocycles. The molecule has 0 aliphatic carbocycles. The Bertz CT molecular complexity index is 432. The first-order valence-corrected chi connectivity index (χ1v) is 8.77. The number of aromatic nitrogens is 1. The minimum Gasteiger partial charge on any atom is -0.356 e. The van der Waals surface area contributed by atoms with Gasteiger partial charge < -0.3 is 10.6 Å². The number of hydrogen-bond acceptors (Lipinski definition) is 3. The zero-order valence-electron chi connectivity index (χ0n) is 14.5. The van der Waals surface area contributed by atoms with E-state index in [1.54, 1.807) is 11.3 Å². The van der Waals surface area contributed by atoms with Crippen LogP contribution in [0.5, 0.6) is 0 Å². The third-order valence-corrected chi connectivity index (χ3v) is 4.57. The van der Waals surface area contributed by atoms with Crippen LogP contribution < -0.4 is 10.6 Å². The van der Waals surface area contributed by atoms with Crippen LogP contribution in [0.2, 0.25) is 0 Å². The normalized spacial score (nSPS) is 12.9. The summed E-state index contributed by atoms with van der Waals surface area (Å²) in [5.74, 6) is 1.64. The van der Waals surface area contributed by atoms with Crippen LogP contribution in [0, 0.1) is 5.92 Å². The Morgan fingerprint density at radius 2 is 2.05 bits per heavy atom. The summed E-state index contributed by atoms with van der Waals surface area (Å²) in [4.78, 5) is 10.1. The maximum Gasteiger partial charge on any atom is 0.191 e. The van der Waals surface area contributed by atoms with Crippen molar-refractivity contribution in [2.45, 2.75) is 59.4 Å². The Morgan fingerprint density at radius 1 is 1.32 bits per heavy atom. The van der Waals surface area contributed by atoms with Crippen molar-refractivity contribution in [1.29, 1.82) is 0 Å². The van der Waals surface area contributed by atoms with Gasteiger partial charge in [0.15, 0.2) is 5.96 Å². The van der Waals surface area contributed by atoms with Crippen molar-refractivity contribution < 1.29 is 0 Å². The van der Waals surface area contributed by atoms with E-state index >= 15 is 0 Å². The molecule has 0 saturated heterocycles. The summed E-state index contributed by atoms with van der Waals surface area (Å²) in [5.41, 5.74) is 0. The van der Waals surface area contributed by atoms with Gasteiger partial charge in [-0.05, 0) is 32.1 Å². The SMILES string of the molecule is CCc1cnc(CCNC(=NC)NC(C)CCC(C)C)s1.I. The number of thiazole rings is 1. The fraction of sp³-hybridized carbons (Fsp3) is 0.750. The number of halogens is 1. The van der Waals surface area contributed by atoms with Crippen LogP contribution in [0.15, 0.2) is 11.2 Å². The van der Waals surface area contributed by atoms with Crippen molar-refractivity contribution in [3.8, 4) is 0 Å². The Labute approximate surface area is 156 Å². The molecule has 1 atom stereocenters. The Morgan fingerprint density at radius 3 is 2.59 bits per heavy atom. The second-order valence-corrected chi connectivity index (χ2v) is 7.04. The van der Waals surface area contributed by atoms with Gasteiger partial charge >= 0.3 is 0 Å². The average molecular weight is 438 g/mol. The lowest BCUT2D eigenvalue weighted by molar-refractivity contribution is 0.489. The molecule has 0 spiro atoms. The van der Waals surface area contributed by atoms with E-state index in [9.17, 15) is 0 Å². The molecule has 22 heavy (non-hydrogen) atoms. The monoisotopic (exact) mass is 438 g/mol. The largest absolute Gasteiger partial charge is 0.356 e. The maximum atomic E-state index is 4.44. The predicted octanol–water partition coefficient (Wildman–Crippen LogP) is 3.86. The number of nitrogens with one attached hydrogen (secondary N) is 2. The minimum atomic E-state index is 0. The van der Waals surface area contributed by atoms with E-state index in [-0.39, 0.29) is 24.0 Å². The second-order valence-electron chi connectivity index (χ2n) is 5.84. The summed E-state index contributed by atoms with van der Waals surface area (Å²) in [5, 5.41) is 8.01. The van der Waals surface area contributed by atoms with Crippen molar-refractivity contribution in [1.82, 2.24) is 15.6 Å². The molecule has 0 fully saturated rings. The van der Waals surface area contributed by atoms with Crippen LogP contribution >= 0.6 is 35.3 Å². The highest BCUT2D eigenvalue weighted by Crippen LogP contribution is 2.13. The van der Waals surface area contributed by atoms with Gasteiger partial charge in [-0.25, -0.2) is 4.98 Å². The Kier molecular flexibility index (Phi) is 11.9. The number of hydrogen-bond donors (Lipinski definition) is 2. The molecule has 0 aromatic carbocycles. The van der Waals surface area contributed by atoms with Gasteiger partial charge in [-0.3, -0.25) is 4.99 Å². The quantitative estimate of drug-likeness (QED) is 0.368. The van der Waals surface area contributed by atoms with Gasteiger partial charge in [-0.15, -0.1) is 35.3 Å². The van der Waals surface area contributed by atoms with Crippen molar-refractivity contribution in [3.63, 3.8) is 0 Å². The molecule has 1 unspecified atom stereocenters. The van der Waals surface area contributed by atoms with Crippen LogP contribution in [-0.4, -0.2) is 30.6 Å². The fourth-order valence-electron chi connectivity index (χ4n) is 2.00. The molecular weight excluding hydrogens is 407 g/mol. The van der Waals surface area contributed by atoms with Crippen LogP contribution in [0.25, 0.3) is 0 Å². The molecule has 0 radical (unpaired) electrons. The summed E-state index contributed by atoms with van der Waals surface area (Å²) in [6.07, 6.45) is 6.42. The van der Waals surface area contributed by atoms with Gasteiger partial charge in [0.05, 0.1) is 5.01 Å². The first kappa shape index (κ1) is 21.6. The first-order valence-electron chi connectivity index (χ1n) is 7.95. The molecule has 0 aliphatic rings. The predicted molar refractivity (Wildman–Crippen MR) is 109 cm³/mol. The van der Waals surface area contributed by atoms with E-state index < -0.39 is 0 Å². The topological polar surface area (TPSA) is 49.3 Å². The maximum absolute atomic E-state index is 4.44. The van der Waals surface area contributed by atoms with Gasteiger partial charge in [0, 0.05) is 37.1 Å². The highest BCUT2D eigenvalue weighted by Gasteiger charge is 2.06. The van der Waals surface area contributed by atoms with Gasteiger partial charge in [0.25, 0.3) is 0 Å². The second kappa shape index (κ2) is 12.1. The lowest BCUT2D eigenvalue weighted by Crippen LogP contribution is -2.43. The molecule has 2 N–H and O–H groups in total. The first-order chi connectivity index (χ1) is 10.0. The Balaban J connectivity index is 0.00000441.